The molecule has 0 N–H and O–H groups in total. The molecule has 252 valence electrons. The molecule has 3 fully saturated rings. The van der Waals surface area contributed by atoms with Crippen molar-refractivity contribution in [3.63, 3.8) is 0 Å². The first-order valence-corrected chi connectivity index (χ1v) is 18.7. The third kappa shape index (κ3) is 5.74. The van der Waals surface area contributed by atoms with Gasteiger partial charge in [0, 0.05) is 23.0 Å². The number of allylic oxidation sites excluding steroid dienone is 1. The van der Waals surface area contributed by atoms with Gasteiger partial charge in [-0.1, -0.05) is 82.3 Å². The molecule has 2 aromatic heterocycles. The van der Waals surface area contributed by atoms with Crippen molar-refractivity contribution in [3.8, 4) is 5.69 Å². The van der Waals surface area contributed by atoms with Crippen LogP contribution < -0.4 is 0 Å². The van der Waals surface area contributed by atoms with Crippen molar-refractivity contribution in [2.75, 3.05) is 0 Å². The van der Waals surface area contributed by atoms with Crippen LogP contribution in [0.3, 0.4) is 0 Å². The topological polar surface area (TPSA) is 69.9 Å². The standard InChI is InChI=1S/C40H53ClN4O2/c1-24(2)8-7-9-25(3)32-14-15-33-30-12-10-27-22-29(16-19-39(27,5)34(30)17-20-40(32,33)6)47-38(46)37-26(4)45(44-43-37)36-18-21-42-35-23-28(41)11-13-31(35)36/h10-11,13,18,21,23-25,29-30,32-34H,7-9,12,14-17,19-20,22H2,1-6H3/t25-,29+,30+,32-,33+,34+,39+,40-/m1/s1. The highest BCUT2D eigenvalue weighted by atomic mass is 35.5. The van der Waals surface area contributed by atoms with Gasteiger partial charge in [-0.15, -0.1) is 5.10 Å². The molecule has 0 bridgehead atoms. The van der Waals surface area contributed by atoms with Crippen LogP contribution >= 0.6 is 11.6 Å². The largest absolute Gasteiger partial charge is 0.457 e. The second-order valence-electron chi connectivity index (χ2n) is 16.5. The van der Waals surface area contributed by atoms with Gasteiger partial charge in [-0.05, 0) is 122 Å². The van der Waals surface area contributed by atoms with Crippen LogP contribution in [-0.2, 0) is 4.74 Å². The maximum atomic E-state index is 13.5. The first-order chi connectivity index (χ1) is 22.5. The monoisotopic (exact) mass is 656 g/mol. The van der Waals surface area contributed by atoms with Crippen LogP contribution in [0.5, 0.6) is 0 Å². The highest BCUT2D eigenvalue weighted by Gasteiger charge is 2.59. The molecule has 2 heterocycles. The zero-order valence-electron chi connectivity index (χ0n) is 29.3. The maximum Gasteiger partial charge on any atom is 0.361 e. The van der Waals surface area contributed by atoms with E-state index in [1.807, 2.05) is 31.2 Å². The fraction of sp³-hybridized carbons (Fsp3) is 0.650. The molecule has 7 rings (SSSR count). The summed E-state index contributed by atoms with van der Waals surface area (Å²) in [4.78, 5) is 18.0. The Morgan fingerprint density at radius 2 is 1.89 bits per heavy atom. The second-order valence-corrected chi connectivity index (χ2v) is 16.9. The van der Waals surface area contributed by atoms with Crippen LogP contribution in [0.25, 0.3) is 16.6 Å². The number of esters is 1. The molecule has 0 spiro atoms. The molecule has 1 aromatic carbocycles. The second kappa shape index (κ2) is 12.6. The Kier molecular flexibility index (Phi) is 8.81. The minimum Gasteiger partial charge on any atom is -0.457 e. The summed E-state index contributed by atoms with van der Waals surface area (Å²) in [5, 5.41) is 10.2. The molecule has 0 unspecified atom stereocenters. The lowest BCUT2D eigenvalue weighted by Gasteiger charge is -2.58. The molecule has 4 aliphatic rings. The molecule has 0 radical (unpaired) electrons. The molecule has 0 amide bonds. The van der Waals surface area contributed by atoms with E-state index in [9.17, 15) is 4.79 Å². The minimum atomic E-state index is -0.383. The van der Waals surface area contributed by atoms with Gasteiger partial charge >= 0.3 is 5.97 Å². The molecule has 8 atom stereocenters. The van der Waals surface area contributed by atoms with Crippen molar-refractivity contribution in [2.24, 2.45) is 46.3 Å². The fourth-order valence-electron chi connectivity index (χ4n) is 11.0. The van der Waals surface area contributed by atoms with E-state index in [4.69, 9.17) is 16.3 Å². The van der Waals surface area contributed by atoms with Crippen LogP contribution in [0.4, 0.5) is 0 Å². The van der Waals surface area contributed by atoms with E-state index in [0.717, 1.165) is 71.4 Å². The highest BCUT2D eigenvalue weighted by molar-refractivity contribution is 6.31. The summed E-state index contributed by atoms with van der Waals surface area (Å²) >= 11 is 6.19. The van der Waals surface area contributed by atoms with Crippen molar-refractivity contribution in [1.82, 2.24) is 20.0 Å². The number of fused-ring (bicyclic) bond motifs is 6. The number of hydrogen-bond donors (Lipinski definition) is 0. The number of benzene rings is 1. The van der Waals surface area contributed by atoms with Gasteiger partial charge in [-0.25, -0.2) is 9.48 Å². The summed E-state index contributed by atoms with van der Waals surface area (Å²) < 4.78 is 7.89. The zero-order valence-corrected chi connectivity index (χ0v) is 30.0. The molecule has 3 aromatic rings. The Hall–Kier alpha value is -2.73. The van der Waals surface area contributed by atoms with Gasteiger partial charge in [0.25, 0.3) is 0 Å². The Labute approximate surface area is 286 Å². The van der Waals surface area contributed by atoms with E-state index >= 15 is 0 Å². The van der Waals surface area contributed by atoms with E-state index < -0.39 is 0 Å². The number of aromatic nitrogens is 4. The van der Waals surface area contributed by atoms with Crippen LogP contribution in [-0.4, -0.2) is 32.1 Å². The van der Waals surface area contributed by atoms with Crippen molar-refractivity contribution in [2.45, 2.75) is 118 Å². The Morgan fingerprint density at radius 1 is 1.06 bits per heavy atom. The number of nitrogens with zero attached hydrogens (tertiary/aromatic N) is 4. The molecule has 0 aliphatic heterocycles. The maximum absolute atomic E-state index is 13.5. The van der Waals surface area contributed by atoms with Gasteiger partial charge in [-0.3, -0.25) is 4.98 Å². The summed E-state index contributed by atoms with van der Waals surface area (Å²) in [6.45, 7) is 14.4. The molecule has 6 nitrogen and oxygen atoms in total. The van der Waals surface area contributed by atoms with Crippen molar-refractivity contribution in [1.29, 1.82) is 0 Å². The van der Waals surface area contributed by atoms with E-state index in [-0.39, 0.29) is 23.2 Å². The quantitative estimate of drug-likeness (QED) is 0.178. The average Bonchev–Trinajstić information content (AvgIpc) is 3.60. The normalized spacial score (nSPS) is 32.4. The lowest BCUT2D eigenvalue weighted by molar-refractivity contribution is -0.0595. The number of ether oxygens (including phenoxy) is 1. The number of carbonyl (C=O) groups excluding carboxylic acids is 1. The number of carbonyl (C=O) groups is 1. The van der Waals surface area contributed by atoms with Crippen molar-refractivity contribution < 1.29 is 9.53 Å². The lowest BCUT2D eigenvalue weighted by Crippen LogP contribution is -2.51. The highest BCUT2D eigenvalue weighted by Crippen LogP contribution is 2.67. The number of halogens is 1. The van der Waals surface area contributed by atoms with Gasteiger partial charge < -0.3 is 4.74 Å². The van der Waals surface area contributed by atoms with Crippen LogP contribution in [0.1, 0.15) is 121 Å². The lowest BCUT2D eigenvalue weighted by atomic mass is 9.47. The van der Waals surface area contributed by atoms with Gasteiger partial charge in [0.05, 0.1) is 16.9 Å². The third-order valence-electron chi connectivity index (χ3n) is 13.5. The van der Waals surface area contributed by atoms with Gasteiger partial charge in [-0.2, -0.15) is 0 Å². The SMILES string of the molecule is Cc1c(C(=O)O[C@H]2CC[C@@]3(C)C(=CC[C@H]4[C@@H]5CC[C@H]([C@H](C)CCCC(C)C)[C@@]5(C)CC[C@@H]43)C2)nnn1-c1ccnc2cc(Cl)ccc12. The van der Waals surface area contributed by atoms with Crippen LogP contribution in [0, 0.1) is 53.3 Å². The summed E-state index contributed by atoms with van der Waals surface area (Å²) in [6.07, 6.45) is 17.9. The van der Waals surface area contributed by atoms with Crippen molar-refractivity contribution >= 4 is 28.5 Å². The van der Waals surface area contributed by atoms with E-state index in [0.29, 0.717) is 16.1 Å². The van der Waals surface area contributed by atoms with Crippen LogP contribution in [0.2, 0.25) is 5.02 Å². The van der Waals surface area contributed by atoms with E-state index in [1.54, 1.807) is 10.9 Å². The Balaban J connectivity index is 1.03. The van der Waals surface area contributed by atoms with Crippen molar-refractivity contribution in [3.05, 3.63) is 58.5 Å². The van der Waals surface area contributed by atoms with Gasteiger partial charge in [0.2, 0.25) is 0 Å². The predicted octanol–water partition coefficient (Wildman–Crippen LogP) is 10.3. The molecule has 0 saturated heterocycles. The Bertz CT molecular complexity index is 1680. The molecule has 4 aliphatic carbocycles. The summed E-state index contributed by atoms with van der Waals surface area (Å²) in [5.74, 6) is 4.54. The Morgan fingerprint density at radius 3 is 2.70 bits per heavy atom. The molecule has 7 heteroatoms. The summed E-state index contributed by atoms with van der Waals surface area (Å²) in [7, 11) is 0. The van der Waals surface area contributed by atoms with E-state index in [1.165, 1.54) is 56.9 Å². The van der Waals surface area contributed by atoms with Gasteiger partial charge in [0.1, 0.15) is 6.10 Å². The number of rotatable bonds is 8. The third-order valence-corrected chi connectivity index (χ3v) is 13.8. The molecular formula is C40H53ClN4O2. The molecule has 47 heavy (non-hydrogen) atoms. The fourth-order valence-corrected chi connectivity index (χ4v) is 11.2. The number of pyridine rings is 1. The van der Waals surface area contributed by atoms with E-state index in [2.05, 4.69) is 56.0 Å². The predicted molar refractivity (Wildman–Crippen MR) is 189 cm³/mol. The summed E-state index contributed by atoms with van der Waals surface area (Å²) in [5.41, 5.74) is 4.76. The average molecular weight is 657 g/mol. The first-order valence-electron chi connectivity index (χ1n) is 18.4. The number of hydrogen-bond acceptors (Lipinski definition) is 5. The summed E-state index contributed by atoms with van der Waals surface area (Å²) in [6, 6.07) is 7.47. The molecule has 3 saturated carbocycles. The smallest absolute Gasteiger partial charge is 0.361 e. The zero-order chi connectivity index (χ0) is 33.1. The van der Waals surface area contributed by atoms with Gasteiger partial charge in [0.15, 0.2) is 5.69 Å². The minimum absolute atomic E-state index is 0.122. The molecular weight excluding hydrogens is 604 g/mol. The first kappa shape index (κ1) is 32.8. The van der Waals surface area contributed by atoms with Crippen LogP contribution in [0.15, 0.2) is 42.1 Å².